The molecule has 0 saturated heterocycles. The quantitative estimate of drug-likeness (QED) is 0.563. The van der Waals surface area contributed by atoms with E-state index < -0.39 is 48.6 Å². The molecular formula is C22H14F2N2O4. The highest BCUT2D eigenvalue weighted by atomic mass is 19.3. The zero-order valence-electron chi connectivity index (χ0n) is 15.5. The van der Waals surface area contributed by atoms with Crippen molar-refractivity contribution in [3.63, 3.8) is 0 Å². The Kier molecular flexibility index (Phi) is 4.46. The Hall–Kier alpha value is -3.86. The van der Waals surface area contributed by atoms with Gasteiger partial charge in [-0.1, -0.05) is 30.2 Å². The number of nitrogens with zero attached hydrogens (tertiary/aromatic N) is 2. The lowest BCUT2D eigenvalue weighted by Crippen LogP contribution is -2.47. The van der Waals surface area contributed by atoms with E-state index in [2.05, 4.69) is 5.92 Å². The lowest BCUT2D eigenvalue weighted by atomic mass is 10.1. The van der Waals surface area contributed by atoms with Gasteiger partial charge in [-0.15, -0.1) is 6.42 Å². The molecule has 2 aromatic rings. The van der Waals surface area contributed by atoms with Gasteiger partial charge < -0.3 is 0 Å². The number of rotatable bonds is 5. The molecule has 0 spiro atoms. The number of benzene rings is 2. The molecule has 2 heterocycles. The molecule has 0 radical (unpaired) electrons. The smallest absolute Gasteiger partial charge is 0.268 e. The Morgan fingerprint density at radius 2 is 1.20 bits per heavy atom. The highest BCUT2D eigenvalue weighted by Gasteiger charge is 2.47. The molecular weight excluding hydrogens is 394 g/mol. The highest BCUT2D eigenvalue weighted by molar-refractivity contribution is 6.22. The second-order valence-corrected chi connectivity index (χ2v) is 7.01. The zero-order chi connectivity index (χ0) is 21.6. The summed E-state index contributed by atoms with van der Waals surface area (Å²) in [6.07, 6.45) is 4.29. The van der Waals surface area contributed by atoms with Gasteiger partial charge in [-0.05, 0) is 24.3 Å². The monoisotopic (exact) mass is 408 g/mol. The average molecular weight is 408 g/mol. The topological polar surface area (TPSA) is 74.8 Å². The number of imide groups is 2. The molecule has 1 unspecified atom stereocenters. The van der Waals surface area contributed by atoms with E-state index in [-0.39, 0.29) is 22.3 Å². The lowest BCUT2D eigenvalue weighted by molar-refractivity contribution is -0.0384. The fourth-order valence-corrected chi connectivity index (χ4v) is 3.68. The van der Waals surface area contributed by atoms with Gasteiger partial charge in [0.15, 0.2) is 0 Å². The third kappa shape index (κ3) is 2.95. The van der Waals surface area contributed by atoms with Gasteiger partial charge in [0.2, 0.25) is 0 Å². The van der Waals surface area contributed by atoms with E-state index in [0.717, 1.165) is 0 Å². The van der Waals surface area contributed by atoms with Crippen molar-refractivity contribution in [2.45, 2.75) is 18.4 Å². The highest BCUT2D eigenvalue weighted by Crippen LogP contribution is 2.32. The maximum absolute atomic E-state index is 14.8. The summed E-state index contributed by atoms with van der Waals surface area (Å²) >= 11 is 0. The summed E-state index contributed by atoms with van der Waals surface area (Å²) in [5, 5.41) is 0. The predicted molar refractivity (Wildman–Crippen MR) is 101 cm³/mol. The van der Waals surface area contributed by atoms with Crippen LogP contribution in [-0.4, -0.2) is 51.9 Å². The van der Waals surface area contributed by atoms with Crippen molar-refractivity contribution in [2.24, 2.45) is 0 Å². The van der Waals surface area contributed by atoms with Crippen LogP contribution < -0.4 is 0 Å². The first kappa shape index (κ1) is 19.5. The fraction of sp³-hybridized carbons (Fsp3) is 0.182. The number of terminal acetylenes is 1. The zero-order valence-corrected chi connectivity index (χ0v) is 15.5. The van der Waals surface area contributed by atoms with Crippen LogP contribution in [0.5, 0.6) is 0 Å². The Labute approximate surface area is 170 Å². The molecule has 2 aliphatic heterocycles. The van der Waals surface area contributed by atoms with Crippen LogP contribution in [0.25, 0.3) is 0 Å². The molecule has 0 aliphatic carbocycles. The van der Waals surface area contributed by atoms with Crippen LogP contribution in [0.15, 0.2) is 48.5 Å². The number of halogens is 2. The first-order valence-corrected chi connectivity index (χ1v) is 9.01. The number of hydrogen-bond acceptors (Lipinski definition) is 4. The Balaban J connectivity index is 1.54. The molecule has 0 aromatic heterocycles. The molecule has 0 N–H and O–H groups in total. The van der Waals surface area contributed by atoms with Crippen molar-refractivity contribution in [1.82, 2.24) is 9.80 Å². The Morgan fingerprint density at radius 3 is 1.60 bits per heavy atom. The second kappa shape index (κ2) is 6.88. The summed E-state index contributed by atoms with van der Waals surface area (Å²) in [4.78, 5) is 50.9. The summed E-state index contributed by atoms with van der Waals surface area (Å²) in [5.74, 6) is -4.71. The van der Waals surface area contributed by atoms with Gasteiger partial charge in [0.1, 0.15) is 6.04 Å². The number of alkyl halides is 2. The standard InChI is InChI=1S/C22H14F2N2O4/c1-2-13(26-20(29)16-9-5-6-10-17(16)21(26)30)11-22(23,24)12-25-18(27)14-7-3-4-8-15(14)19(25)28/h1,3-10,13H,11-12H2. The molecule has 30 heavy (non-hydrogen) atoms. The van der Waals surface area contributed by atoms with Gasteiger partial charge >= 0.3 is 0 Å². The largest absolute Gasteiger partial charge is 0.269 e. The van der Waals surface area contributed by atoms with E-state index in [1.807, 2.05) is 0 Å². The lowest BCUT2D eigenvalue weighted by Gasteiger charge is -2.28. The van der Waals surface area contributed by atoms with Crippen LogP contribution in [0.2, 0.25) is 0 Å². The van der Waals surface area contributed by atoms with Crippen molar-refractivity contribution < 1.29 is 28.0 Å². The van der Waals surface area contributed by atoms with Gasteiger partial charge in [0.25, 0.3) is 29.6 Å². The first-order valence-electron chi connectivity index (χ1n) is 9.01. The summed E-state index contributed by atoms with van der Waals surface area (Å²) < 4.78 is 29.7. The summed E-state index contributed by atoms with van der Waals surface area (Å²) in [7, 11) is 0. The summed E-state index contributed by atoms with van der Waals surface area (Å²) in [6, 6.07) is 10.2. The molecule has 0 bridgehead atoms. The average Bonchev–Trinajstić information content (AvgIpc) is 3.12. The molecule has 150 valence electrons. The molecule has 4 amide bonds. The third-order valence-electron chi connectivity index (χ3n) is 5.09. The minimum atomic E-state index is -3.63. The van der Waals surface area contributed by atoms with Crippen LogP contribution in [0.4, 0.5) is 8.78 Å². The number of carbonyl (C=O) groups is 4. The molecule has 2 aliphatic rings. The molecule has 8 heteroatoms. The molecule has 4 rings (SSSR count). The van der Waals surface area contributed by atoms with Crippen LogP contribution >= 0.6 is 0 Å². The SMILES string of the molecule is C#CC(CC(F)(F)CN1C(=O)c2ccccc2C1=O)N1C(=O)c2ccccc2C1=O. The maximum atomic E-state index is 14.8. The molecule has 1 atom stereocenters. The Morgan fingerprint density at radius 1 is 0.800 bits per heavy atom. The van der Waals surface area contributed by atoms with Gasteiger partial charge in [0.05, 0.1) is 28.8 Å². The van der Waals surface area contributed by atoms with E-state index in [1.54, 1.807) is 12.1 Å². The maximum Gasteiger partial charge on any atom is 0.268 e. The van der Waals surface area contributed by atoms with E-state index in [0.29, 0.717) is 9.80 Å². The van der Waals surface area contributed by atoms with Crippen molar-refractivity contribution in [3.05, 3.63) is 70.8 Å². The number of fused-ring (bicyclic) bond motifs is 2. The van der Waals surface area contributed by atoms with E-state index in [1.165, 1.54) is 36.4 Å². The van der Waals surface area contributed by atoms with Crippen LogP contribution in [0.1, 0.15) is 47.9 Å². The summed E-state index contributed by atoms with van der Waals surface area (Å²) in [5.41, 5.74) is 0.275. The van der Waals surface area contributed by atoms with Crippen LogP contribution in [0.3, 0.4) is 0 Å². The van der Waals surface area contributed by atoms with E-state index in [9.17, 15) is 28.0 Å². The first-order chi connectivity index (χ1) is 14.2. The van der Waals surface area contributed by atoms with Crippen molar-refractivity contribution in [1.29, 1.82) is 0 Å². The number of amides is 4. The van der Waals surface area contributed by atoms with Gasteiger partial charge in [-0.25, -0.2) is 8.78 Å². The summed E-state index contributed by atoms with van der Waals surface area (Å²) in [6.45, 7) is -1.21. The number of hydrogen-bond donors (Lipinski definition) is 0. The predicted octanol–water partition coefficient (Wildman–Crippen LogP) is 2.61. The molecule has 2 aromatic carbocycles. The minimum Gasteiger partial charge on any atom is -0.269 e. The van der Waals surface area contributed by atoms with Crippen molar-refractivity contribution in [3.8, 4) is 12.3 Å². The van der Waals surface area contributed by atoms with Crippen molar-refractivity contribution >= 4 is 23.6 Å². The normalized spacial score (nSPS) is 16.6. The molecule has 0 saturated carbocycles. The van der Waals surface area contributed by atoms with E-state index >= 15 is 0 Å². The van der Waals surface area contributed by atoms with Crippen molar-refractivity contribution in [2.75, 3.05) is 6.54 Å². The van der Waals surface area contributed by atoms with Crippen LogP contribution in [-0.2, 0) is 0 Å². The van der Waals surface area contributed by atoms with Crippen LogP contribution in [0, 0.1) is 12.3 Å². The Bertz CT molecular complexity index is 1080. The van der Waals surface area contributed by atoms with Gasteiger partial charge in [-0.2, -0.15) is 0 Å². The number of carbonyl (C=O) groups excluding carboxylic acids is 4. The van der Waals surface area contributed by atoms with Gasteiger partial charge in [-0.3, -0.25) is 29.0 Å². The molecule has 6 nitrogen and oxygen atoms in total. The third-order valence-corrected chi connectivity index (χ3v) is 5.09. The fourth-order valence-electron chi connectivity index (χ4n) is 3.68. The second-order valence-electron chi connectivity index (χ2n) is 7.01. The van der Waals surface area contributed by atoms with E-state index in [4.69, 9.17) is 6.42 Å². The van der Waals surface area contributed by atoms with Gasteiger partial charge in [0, 0.05) is 6.42 Å². The minimum absolute atomic E-state index is 0.0483. The molecule has 0 fully saturated rings.